The van der Waals surface area contributed by atoms with Gasteiger partial charge in [-0.15, -0.1) is 0 Å². The normalized spacial score (nSPS) is 12.5. The molecule has 3 nitrogen and oxygen atoms in total. The maximum atomic E-state index is 6.95. The second-order valence-corrected chi connectivity index (χ2v) is 21.1. The highest BCUT2D eigenvalue weighted by atomic mass is 28.3. The molecule has 0 spiro atoms. The molecule has 2 heterocycles. The average molecular weight is 693 g/mol. The van der Waals surface area contributed by atoms with Crippen LogP contribution in [0.5, 0.6) is 0 Å². The van der Waals surface area contributed by atoms with Gasteiger partial charge < -0.3 is 4.42 Å². The van der Waals surface area contributed by atoms with Crippen LogP contribution in [-0.4, -0.2) is 17.6 Å². The number of hydrogen-bond donors (Lipinski definition) is 0. The van der Waals surface area contributed by atoms with E-state index in [0.717, 1.165) is 44.4 Å². The summed E-state index contributed by atoms with van der Waals surface area (Å²) < 4.78 is 9.42. The van der Waals surface area contributed by atoms with Gasteiger partial charge in [-0.3, -0.25) is 4.57 Å². The van der Waals surface area contributed by atoms with Crippen LogP contribution in [0.2, 0.25) is 19.6 Å². The maximum Gasteiger partial charge on any atom is 0.149 e. The lowest BCUT2D eigenvalue weighted by Gasteiger charge is -2.25. The lowest BCUT2D eigenvalue weighted by molar-refractivity contribution is 0.670. The summed E-state index contributed by atoms with van der Waals surface area (Å²) in [5.74, 6) is 1.48. The highest BCUT2D eigenvalue weighted by Gasteiger charge is 2.27. The van der Waals surface area contributed by atoms with Crippen LogP contribution in [0.4, 0.5) is 0 Å². The van der Waals surface area contributed by atoms with Crippen molar-refractivity contribution in [2.75, 3.05) is 0 Å². The molecule has 7 aromatic carbocycles. The minimum absolute atomic E-state index is 0.283. The van der Waals surface area contributed by atoms with E-state index < -0.39 is 8.07 Å². The van der Waals surface area contributed by atoms with Crippen LogP contribution in [-0.2, 0) is 0 Å². The van der Waals surface area contributed by atoms with E-state index in [1.165, 1.54) is 54.7 Å². The number of imidazole rings is 1. The molecule has 256 valence electrons. The molecule has 0 fully saturated rings. The standard InChI is InChI=1S/C48H44N2OSi/c1-29(2)39-25-34(31-14-9-8-10-15-31)26-40(30(3)4)46(39)50-44-27-35(52(5,6)7)22-23-43(44)49-48(50)38-19-13-18-37-42-24-33-21-20-32-16-11-12-17-36(32)41(33)28-45(42)51-47(37)38/h8-30H,1-7H3. The Morgan fingerprint density at radius 3 is 2.00 bits per heavy atom. The highest BCUT2D eigenvalue weighted by Crippen LogP contribution is 2.43. The minimum Gasteiger partial charge on any atom is -0.455 e. The summed E-state index contributed by atoms with van der Waals surface area (Å²) >= 11 is 0. The van der Waals surface area contributed by atoms with Gasteiger partial charge in [-0.2, -0.15) is 0 Å². The van der Waals surface area contributed by atoms with Gasteiger partial charge >= 0.3 is 0 Å². The quantitative estimate of drug-likeness (QED) is 0.128. The van der Waals surface area contributed by atoms with Crippen molar-refractivity contribution in [1.82, 2.24) is 9.55 Å². The molecule has 0 atom stereocenters. The van der Waals surface area contributed by atoms with Crippen molar-refractivity contribution < 1.29 is 4.42 Å². The van der Waals surface area contributed by atoms with Gasteiger partial charge in [-0.25, -0.2) is 4.98 Å². The molecule has 0 saturated carbocycles. The molecule has 0 bridgehead atoms. The Kier molecular flexibility index (Phi) is 7.53. The summed E-state index contributed by atoms with van der Waals surface area (Å²) in [6.45, 7) is 16.5. The van der Waals surface area contributed by atoms with Crippen LogP contribution in [0, 0.1) is 0 Å². The summed E-state index contributed by atoms with van der Waals surface area (Å²) in [7, 11) is -1.64. The average Bonchev–Trinajstić information content (AvgIpc) is 3.71. The van der Waals surface area contributed by atoms with Crippen molar-refractivity contribution in [3.63, 3.8) is 0 Å². The zero-order valence-electron chi connectivity index (χ0n) is 31.1. The van der Waals surface area contributed by atoms with Crippen molar-refractivity contribution in [1.29, 1.82) is 0 Å². The number of furan rings is 1. The Balaban J connectivity index is 1.38. The van der Waals surface area contributed by atoms with E-state index in [-0.39, 0.29) is 11.8 Å². The maximum absolute atomic E-state index is 6.95. The van der Waals surface area contributed by atoms with Gasteiger partial charge in [-0.05, 0) is 98.1 Å². The predicted molar refractivity (Wildman–Crippen MR) is 225 cm³/mol. The molecule has 0 saturated heterocycles. The SMILES string of the molecule is CC(C)c1cc(-c2ccccc2)cc(C(C)C)c1-n1c(-c2cccc3c2oc2cc4c(ccc5ccccc54)cc23)nc2ccc([Si](C)(C)C)cc21. The third-order valence-electron chi connectivity index (χ3n) is 10.9. The van der Waals surface area contributed by atoms with Crippen molar-refractivity contribution >= 4 is 67.8 Å². The Morgan fingerprint density at radius 1 is 0.577 bits per heavy atom. The molecule has 0 aliphatic carbocycles. The number of nitrogens with zero attached hydrogens (tertiary/aromatic N) is 2. The number of hydrogen-bond acceptors (Lipinski definition) is 2. The van der Waals surface area contributed by atoms with E-state index in [9.17, 15) is 0 Å². The van der Waals surface area contributed by atoms with Crippen LogP contribution < -0.4 is 5.19 Å². The fraction of sp³-hybridized carbons (Fsp3) is 0.188. The van der Waals surface area contributed by atoms with Gasteiger partial charge in [0, 0.05) is 10.8 Å². The molecule has 0 radical (unpaired) electrons. The second-order valence-electron chi connectivity index (χ2n) is 16.0. The van der Waals surface area contributed by atoms with Crippen LogP contribution in [0.25, 0.3) is 82.7 Å². The largest absolute Gasteiger partial charge is 0.455 e. The summed E-state index contributed by atoms with van der Waals surface area (Å²) in [6, 6.07) is 46.7. The summed E-state index contributed by atoms with van der Waals surface area (Å²) in [5.41, 5.74) is 11.3. The minimum atomic E-state index is -1.64. The molecule has 0 N–H and O–H groups in total. The number of para-hydroxylation sites is 1. The Hall–Kier alpha value is -5.45. The fourth-order valence-electron chi connectivity index (χ4n) is 8.04. The Labute approximate surface area is 306 Å². The van der Waals surface area contributed by atoms with E-state index in [0.29, 0.717) is 0 Å². The molecule has 0 aliphatic heterocycles. The van der Waals surface area contributed by atoms with Gasteiger partial charge in [0.15, 0.2) is 0 Å². The predicted octanol–water partition coefficient (Wildman–Crippen LogP) is 13.4. The molecule has 0 aliphatic rings. The highest BCUT2D eigenvalue weighted by molar-refractivity contribution is 6.88. The molecule has 52 heavy (non-hydrogen) atoms. The van der Waals surface area contributed by atoms with Crippen LogP contribution >= 0.6 is 0 Å². The smallest absolute Gasteiger partial charge is 0.149 e. The zero-order chi connectivity index (χ0) is 35.9. The van der Waals surface area contributed by atoms with Crippen molar-refractivity contribution in [3.05, 3.63) is 139 Å². The van der Waals surface area contributed by atoms with E-state index in [4.69, 9.17) is 9.40 Å². The Morgan fingerprint density at radius 2 is 1.27 bits per heavy atom. The molecule has 0 amide bonds. The Bertz CT molecular complexity index is 2800. The van der Waals surface area contributed by atoms with Gasteiger partial charge in [0.25, 0.3) is 0 Å². The van der Waals surface area contributed by atoms with E-state index in [1.807, 2.05) is 0 Å². The monoisotopic (exact) mass is 692 g/mol. The summed E-state index contributed by atoms with van der Waals surface area (Å²) in [6.07, 6.45) is 0. The topological polar surface area (TPSA) is 31.0 Å². The summed E-state index contributed by atoms with van der Waals surface area (Å²) in [4.78, 5) is 5.50. The third kappa shape index (κ3) is 5.19. The number of benzene rings is 7. The first-order valence-corrected chi connectivity index (χ1v) is 22.1. The van der Waals surface area contributed by atoms with Crippen LogP contribution in [0.3, 0.4) is 0 Å². The fourth-order valence-corrected chi connectivity index (χ4v) is 9.19. The third-order valence-corrected chi connectivity index (χ3v) is 12.9. The number of aromatic nitrogens is 2. The molecule has 4 heteroatoms. The van der Waals surface area contributed by atoms with Crippen LogP contribution in [0.1, 0.15) is 50.7 Å². The first-order chi connectivity index (χ1) is 25.1. The van der Waals surface area contributed by atoms with E-state index in [1.54, 1.807) is 0 Å². The van der Waals surface area contributed by atoms with Gasteiger partial charge in [0.05, 0.1) is 30.4 Å². The lowest BCUT2D eigenvalue weighted by Crippen LogP contribution is -2.37. The van der Waals surface area contributed by atoms with Crippen molar-refractivity contribution in [2.24, 2.45) is 0 Å². The van der Waals surface area contributed by atoms with Gasteiger partial charge in [0.1, 0.15) is 17.0 Å². The van der Waals surface area contributed by atoms with Crippen LogP contribution in [0.15, 0.2) is 132 Å². The molecule has 2 aromatic heterocycles. The first kappa shape index (κ1) is 32.5. The molecule has 9 rings (SSSR count). The van der Waals surface area contributed by atoms with Crippen molar-refractivity contribution in [3.8, 4) is 28.2 Å². The number of fused-ring (bicyclic) bond motifs is 7. The van der Waals surface area contributed by atoms with E-state index in [2.05, 4.69) is 179 Å². The van der Waals surface area contributed by atoms with Gasteiger partial charge in [-0.1, -0.05) is 137 Å². The molecular weight excluding hydrogens is 649 g/mol. The van der Waals surface area contributed by atoms with Gasteiger partial charge in [0.2, 0.25) is 0 Å². The lowest BCUT2D eigenvalue weighted by atomic mass is 9.88. The number of rotatable bonds is 6. The zero-order valence-corrected chi connectivity index (χ0v) is 32.1. The van der Waals surface area contributed by atoms with E-state index >= 15 is 0 Å². The molecule has 9 aromatic rings. The molecule has 0 unspecified atom stereocenters. The summed E-state index contributed by atoms with van der Waals surface area (Å²) in [5, 5.41) is 8.55. The van der Waals surface area contributed by atoms with Crippen molar-refractivity contribution in [2.45, 2.75) is 59.2 Å². The first-order valence-electron chi connectivity index (χ1n) is 18.6. The molecular formula is C48H44N2OSi. The second kappa shape index (κ2) is 12.1.